The summed E-state index contributed by atoms with van der Waals surface area (Å²) < 4.78 is 0. The molecule has 3 heteroatoms. The van der Waals surface area contributed by atoms with E-state index in [1.54, 1.807) is 0 Å². The lowest BCUT2D eigenvalue weighted by Gasteiger charge is -2.27. The van der Waals surface area contributed by atoms with Crippen molar-refractivity contribution in [3.63, 3.8) is 0 Å². The van der Waals surface area contributed by atoms with Gasteiger partial charge in [0.25, 0.3) is 0 Å². The summed E-state index contributed by atoms with van der Waals surface area (Å²) in [7, 11) is 0. The zero-order valence-corrected chi connectivity index (χ0v) is 8.79. The van der Waals surface area contributed by atoms with Gasteiger partial charge in [0.05, 0.1) is 5.38 Å². The Labute approximate surface area is 80.4 Å². The van der Waals surface area contributed by atoms with Crippen molar-refractivity contribution in [3.05, 3.63) is 0 Å². The van der Waals surface area contributed by atoms with Crippen molar-refractivity contribution >= 4 is 39.1 Å². The summed E-state index contributed by atoms with van der Waals surface area (Å²) >= 11 is 15.4. The average molecular weight is 246 g/mol. The number of hydrogen-bond acceptors (Lipinski definition) is 0. The quantitative estimate of drug-likeness (QED) is 0.622. The first kappa shape index (κ1) is 9.15. The van der Waals surface area contributed by atoms with E-state index < -0.39 is 0 Å². The van der Waals surface area contributed by atoms with E-state index in [1.807, 2.05) is 0 Å². The van der Waals surface area contributed by atoms with Crippen molar-refractivity contribution in [1.82, 2.24) is 0 Å². The predicted molar refractivity (Wildman–Crippen MR) is 50.4 cm³/mol. The highest BCUT2D eigenvalue weighted by atomic mass is 79.9. The molecule has 1 saturated carbocycles. The van der Waals surface area contributed by atoms with Gasteiger partial charge in [0.15, 0.2) is 0 Å². The molecular formula is C7H11BrCl2. The molecule has 60 valence electrons. The summed E-state index contributed by atoms with van der Waals surface area (Å²) in [6, 6.07) is 0. The first-order valence-corrected chi connectivity index (χ1v) is 5.57. The van der Waals surface area contributed by atoms with E-state index in [4.69, 9.17) is 23.2 Å². The van der Waals surface area contributed by atoms with Crippen LogP contribution in [0.4, 0.5) is 0 Å². The van der Waals surface area contributed by atoms with Gasteiger partial charge in [-0.15, -0.1) is 23.2 Å². The Morgan fingerprint density at radius 3 is 2.40 bits per heavy atom. The molecule has 0 aromatic heterocycles. The molecule has 1 aliphatic rings. The van der Waals surface area contributed by atoms with Crippen LogP contribution in [0.1, 0.15) is 19.3 Å². The van der Waals surface area contributed by atoms with Gasteiger partial charge in [-0.05, 0) is 25.2 Å². The fourth-order valence-corrected chi connectivity index (χ4v) is 2.49. The highest BCUT2D eigenvalue weighted by Crippen LogP contribution is 2.32. The highest BCUT2D eigenvalue weighted by Gasteiger charge is 2.26. The Morgan fingerprint density at radius 2 is 1.90 bits per heavy atom. The molecular weight excluding hydrogens is 235 g/mol. The van der Waals surface area contributed by atoms with Crippen molar-refractivity contribution in [1.29, 1.82) is 0 Å². The molecule has 0 aromatic rings. The second-order valence-corrected chi connectivity index (χ2v) is 4.63. The van der Waals surface area contributed by atoms with Crippen LogP contribution in [-0.4, -0.2) is 16.1 Å². The zero-order chi connectivity index (χ0) is 7.56. The Morgan fingerprint density at radius 1 is 1.20 bits per heavy atom. The Balaban J connectivity index is 2.33. The van der Waals surface area contributed by atoms with E-state index in [2.05, 4.69) is 15.9 Å². The normalized spacial score (nSPS) is 41.7. The van der Waals surface area contributed by atoms with Crippen LogP contribution in [0, 0.1) is 5.92 Å². The largest absolute Gasteiger partial charge is 0.121 e. The summed E-state index contributed by atoms with van der Waals surface area (Å²) in [6.45, 7) is 0. The molecule has 1 aliphatic carbocycles. The minimum Gasteiger partial charge on any atom is -0.121 e. The van der Waals surface area contributed by atoms with Crippen LogP contribution in [0.5, 0.6) is 0 Å². The van der Waals surface area contributed by atoms with Crippen LogP contribution >= 0.6 is 39.1 Å². The summed E-state index contributed by atoms with van der Waals surface area (Å²) in [5.41, 5.74) is 0. The molecule has 0 amide bonds. The van der Waals surface area contributed by atoms with E-state index in [1.165, 1.54) is 6.42 Å². The van der Waals surface area contributed by atoms with Crippen LogP contribution in [-0.2, 0) is 0 Å². The molecule has 0 radical (unpaired) electrons. The van der Waals surface area contributed by atoms with Crippen LogP contribution in [0.15, 0.2) is 0 Å². The monoisotopic (exact) mass is 244 g/mol. The lowest BCUT2D eigenvalue weighted by atomic mass is 9.90. The fourth-order valence-electron chi connectivity index (χ4n) is 1.30. The van der Waals surface area contributed by atoms with Gasteiger partial charge in [0.2, 0.25) is 0 Å². The SMILES string of the molecule is ClC1CCC(CBr)CC1Cl. The Hall–Kier alpha value is 1.06. The van der Waals surface area contributed by atoms with Crippen LogP contribution in [0.2, 0.25) is 0 Å². The van der Waals surface area contributed by atoms with Gasteiger partial charge in [-0.25, -0.2) is 0 Å². The average Bonchev–Trinajstić information content (AvgIpc) is 1.95. The molecule has 3 atom stereocenters. The Kier molecular flexibility index (Phi) is 3.82. The van der Waals surface area contributed by atoms with Crippen LogP contribution in [0.25, 0.3) is 0 Å². The number of rotatable bonds is 1. The maximum absolute atomic E-state index is 5.99. The predicted octanol–water partition coefficient (Wildman–Crippen LogP) is 3.40. The van der Waals surface area contributed by atoms with Gasteiger partial charge < -0.3 is 0 Å². The fraction of sp³-hybridized carbons (Fsp3) is 1.00. The molecule has 0 aromatic carbocycles. The van der Waals surface area contributed by atoms with Gasteiger partial charge in [-0.3, -0.25) is 0 Å². The number of halogens is 3. The molecule has 0 N–H and O–H groups in total. The van der Waals surface area contributed by atoms with Crippen molar-refractivity contribution in [2.75, 3.05) is 5.33 Å². The second-order valence-electron chi connectivity index (χ2n) is 2.87. The van der Waals surface area contributed by atoms with E-state index >= 15 is 0 Å². The van der Waals surface area contributed by atoms with Crippen LogP contribution in [0.3, 0.4) is 0 Å². The topological polar surface area (TPSA) is 0 Å². The second kappa shape index (κ2) is 4.18. The van der Waals surface area contributed by atoms with E-state index in [9.17, 15) is 0 Å². The summed E-state index contributed by atoms with van der Waals surface area (Å²) in [5.74, 6) is 0.748. The molecule has 1 rings (SSSR count). The minimum atomic E-state index is 0.193. The standard InChI is InChI=1S/C7H11BrCl2/c8-4-5-1-2-6(9)7(10)3-5/h5-7H,1-4H2. The third kappa shape index (κ3) is 2.28. The maximum Gasteiger partial charge on any atom is 0.0502 e. The Bertz CT molecular complexity index is 108. The summed E-state index contributed by atoms with van der Waals surface area (Å²) in [6.07, 6.45) is 3.37. The maximum atomic E-state index is 5.99. The van der Waals surface area contributed by atoms with Crippen molar-refractivity contribution < 1.29 is 0 Å². The molecule has 0 saturated heterocycles. The highest BCUT2D eigenvalue weighted by molar-refractivity contribution is 9.09. The van der Waals surface area contributed by atoms with Crippen molar-refractivity contribution in [2.24, 2.45) is 5.92 Å². The van der Waals surface area contributed by atoms with Gasteiger partial charge in [-0.2, -0.15) is 0 Å². The minimum absolute atomic E-state index is 0.193. The third-order valence-corrected chi connectivity index (χ3v) is 4.07. The van der Waals surface area contributed by atoms with E-state index in [0.717, 1.165) is 24.1 Å². The molecule has 1 fully saturated rings. The number of hydrogen-bond donors (Lipinski definition) is 0. The van der Waals surface area contributed by atoms with Gasteiger partial charge in [0, 0.05) is 10.7 Å². The van der Waals surface area contributed by atoms with Crippen LogP contribution < -0.4 is 0 Å². The third-order valence-electron chi connectivity index (χ3n) is 2.02. The van der Waals surface area contributed by atoms with Gasteiger partial charge in [0.1, 0.15) is 0 Å². The molecule has 0 heterocycles. The molecule has 3 unspecified atom stereocenters. The van der Waals surface area contributed by atoms with Crippen molar-refractivity contribution in [2.45, 2.75) is 30.0 Å². The summed E-state index contributed by atoms with van der Waals surface area (Å²) in [4.78, 5) is 0. The lowest BCUT2D eigenvalue weighted by Crippen LogP contribution is -2.26. The van der Waals surface area contributed by atoms with Gasteiger partial charge in [-0.1, -0.05) is 15.9 Å². The smallest absolute Gasteiger partial charge is 0.0502 e. The van der Waals surface area contributed by atoms with Crippen molar-refractivity contribution in [3.8, 4) is 0 Å². The lowest BCUT2D eigenvalue weighted by molar-refractivity contribution is 0.403. The molecule has 10 heavy (non-hydrogen) atoms. The number of alkyl halides is 3. The van der Waals surface area contributed by atoms with E-state index in [-0.39, 0.29) is 10.8 Å². The first-order valence-electron chi connectivity index (χ1n) is 3.58. The first-order chi connectivity index (χ1) is 4.74. The molecule has 0 nitrogen and oxygen atoms in total. The summed E-state index contributed by atoms with van der Waals surface area (Å²) in [5, 5.41) is 1.47. The zero-order valence-electron chi connectivity index (χ0n) is 5.69. The van der Waals surface area contributed by atoms with E-state index in [0.29, 0.717) is 0 Å². The molecule has 0 aliphatic heterocycles. The van der Waals surface area contributed by atoms with Gasteiger partial charge >= 0.3 is 0 Å². The molecule has 0 bridgehead atoms. The molecule has 0 spiro atoms.